The monoisotopic (exact) mass is 187 g/mol. The zero-order valence-corrected chi connectivity index (χ0v) is 7.87. The number of hydrogen-bond donors (Lipinski definition) is 0. The summed E-state index contributed by atoms with van der Waals surface area (Å²) < 4.78 is 13.3. The first kappa shape index (κ1) is 8.88. The van der Waals surface area contributed by atoms with E-state index in [2.05, 4.69) is 4.98 Å². The van der Waals surface area contributed by atoms with Crippen LogP contribution in [-0.4, -0.2) is 4.98 Å². The first-order valence-electron chi connectivity index (χ1n) is 4.44. The molecule has 0 saturated heterocycles. The maximum Gasteiger partial charge on any atom is 0.149 e. The lowest BCUT2D eigenvalue weighted by molar-refractivity contribution is 0.625. The van der Waals surface area contributed by atoms with E-state index in [1.54, 1.807) is 12.3 Å². The first-order chi connectivity index (χ1) is 6.77. The number of benzene rings is 1. The number of rotatable bonds is 1. The molecular formula is C12H10FN. The molecule has 0 aliphatic heterocycles. The van der Waals surface area contributed by atoms with Crippen molar-refractivity contribution in [3.63, 3.8) is 0 Å². The van der Waals surface area contributed by atoms with Crippen LogP contribution < -0.4 is 0 Å². The Morgan fingerprint density at radius 2 is 2.07 bits per heavy atom. The Morgan fingerprint density at radius 3 is 2.79 bits per heavy atom. The first-order valence-corrected chi connectivity index (χ1v) is 4.44. The Morgan fingerprint density at radius 1 is 1.21 bits per heavy atom. The molecule has 2 rings (SSSR count). The average Bonchev–Trinajstić information content (AvgIpc) is 2.18. The van der Waals surface area contributed by atoms with Crippen molar-refractivity contribution in [3.8, 4) is 11.1 Å². The highest BCUT2D eigenvalue weighted by atomic mass is 19.1. The van der Waals surface area contributed by atoms with Gasteiger partial charge in [-0.2, -0.15) is 0 Å². The number of hydrogen-bond acceptors (Lipinski definition) is 1. The second-order valence-corrected chi connectivity index (χ2v) is 3.23. The van der Waals surface area contributed by atoms with Crippen LogP contribution in [0.5, 0.6) is 0 Å². The second kappa shape index (κ2) is 3.58. The highest BCUT2D eigenvalue weighted by Crippen LogP contribution is 2.22. The van der Waals surface area contributed by atoms with Crippen LogP contribution in [0.2, 0.25) is 0 Å². The number of aryl methyl sites for hydroxylation is 1. The highest BCUT2D eigenvalue weighted by molar-refractivity contribution is 5.64. The van der Waals surface area contributed by atoms with Gasteiger partial charge >= 0.3 is 0 Å². The van der Waals surface area contributed by atoms with Crippen molar-refractivity contribution in [2.75, 3.05) is 0 Å². The molecule has 1 aromatic heterocycles. The molecule has 2 heteroatoms. The molecule has 1 nitrogen and oxygen atoms in total. The van der Waals surface area contributed by atoms with Crippen molar-refractivity contribution < 1.29 is 4.39 Å². The number of halogens is 1. The summed E-state index contributed by atoms with van der Waals surface area (Å²) in [5.74, 6) is -0.280. The fourth-order valence-corrected chi connectivity index (χ4v) is 1.42. The van der Waals surface area contributed by atoms with E-state index in [1.165, 1.54) is 6.20 Å². The lowest BCUT2D eigenvalue weighted by Gasteiger charge is -2.03. The van der Waals surface area contributed by atoms with Gasteiger partial charge in [-0.3, -0.25) is 4.98 Å². The molecule has 0 saturated carbocycles. The van der Waals surface area contributed by atoms with Crippen molar-refractivity contribution in [2.45, 2.75) is 6.92 Å². The standard InChI is InChI=1S/C12H10FN/c1-9-3-2-4-10(7-9)11-5-6-14-8-12(11)13/h2-8H,1H3. The molecular weight excluding hydrogens is 177 g/mol. The van der Waals surface area contributed by atoms with Crippen LogP contribution >= 0.6 is 0 Å². The molecule has 0 radical (unpaired) electrons. The molecule has 0 aliphatic carbocycles. The van der Waals surface area contributed by atoms with Crippen LogP contribution in [0.1, 0.15) is 5.56 Å². The topological polar surface area (TPSA) is 12.9 Å². The zero-order valence-electron chi connectivity index (χ0n) is 7.87. The molecule has 14 heavy (non-hydrogen) atoms. The summed E-state index contributed by atoms with van der Waals surface area (Å²) in [6.45, 7) is 1.99. The van der Waals surface area contributed by atoms with Gasteiger partial charge < -0.3 is 0 Å². The zero-order chi connectivity index (χ0) is 9.97. The van der Waals surface area contributed by atoms with E-state index in [0.717, 1.165) is 11.1 Å². The lowest BCUT2D eigenvalue weighted by atomic mass is 10.0. The quantitative estimate of drug-likeness (QED) is 0.668. The lowest BCUT2D eigenvalue weighted by Crippen LogP contribution is -1.85. The predicted molar refractivity (Wildman–Crippen MR) is 54.4 cm³/mol. The normalized spacial score (nSPS) is 10.1. The fraction of sp³-hybridized carbons (Fsp3) is 0.0833. The summed E-state index contributed by atoms with van der Waals surface area (Å²) in [4.78, 5) is 3.72. The van der Waals surface area contributed by atoms with Gasteiger partial charge in [-0.05, 0) is 18.6 Å². The van der Waals surface area contributed by atoms with Gasteiger partial charge in [0.25, 0.3) is 0 Å². The average molecular weight is 187 g/mol. The van der Waals surface area contributed by atoms with Gasteiger partial charge in [0, 0.05) is 11.8 Å². The molecule has 1 heterocycles. The van der Waals surface area contributed by atoms with E-state index in [9.17, 15) is 4.39 Å². The number of pyridine rings is 1. The minimum Gasteiger partial charge on any atom is -0.262 e. The molecule has 0 aliphatic rings. The van der Waals surface area contributed by atoms with Crippen LogP contribution in [-0.2, 0) is 0 Å². The van der Waals surface area contributed by atoms with E-state index >= 15 is 0 Å². The maximum absolute atomic E-state index is 13.3. The summed E-state index contributed by atoms with van der Waals surface area (Å²) in [7, 11) is 0. The van der Waals surface area contributed by atoms with Gasteiger partial charge in [0.2, 0.25) is 0 Å². The Balaban J connectivity index is 2.55. The van der Waals surface area contributed by atoms with Gasteiger partial charge in [0.1, 0.15) is 5.82 Å². The minimum atomic E-state index is -0.280. The molecule has 0 fully saturated rings. The van der Waals surface area contributed by atoms with E-state index in [-0.39, 0.29) is 5.82 Å². The Hall–Kier alpha value is -1.70. The smallest absolute Gasteiger partial charge is 0.149 e. The number of aromatic nitrogens is 1. The maximum atomic E-state index is 13.3. The molecule has 0 amide bonds. The van der Waals surface area contributed by atoms with Gasteiger partial charge in [-0.15, -0.1) is 0 Å². The van der Waals surface area contributed by atoms with E-state index in [1.807, 2.05) is 31.2 Å². The molecule has 2 aromatic rings. The van der Waals surface area contributed by atoms with Crippen molar-refractivity contribution in [1.82, 2.24) is 4.98 Å². The largest absolute Gasteiger partial charge is 0.262 e. The van der Waals surface area contributed by atoms with Crippen molar-refractivity contribution in [3.05, 3.63) is 54.1 Å². The Kier molecular flexibility index (Phi) is 2.27. The second-order valence-electron chi connectivity index (χ2n) is 3.23. The molecule has 0 atom stereocenters. The molecule has 0 unspecified atom stereocenters. The molecule has 1 aromatic carbocycles. The SMILES string of the molecule is Cc1cccc(-c2ccncc2F)c1. The Bertz CT molecular complexity index is 452. The van der Waals surface area contributed by atoms with Gasteiger partial charge in [-0.1, -0.05) is 29.8 Å². The molecule has 70 valence electrons. The van der Waals surface area contributed by atoms with Crippen molar-refractivity contribution in [1.29, 1.82) is 0 Å². The van der Waals surface area contributed by atoms with E-state index in [4.69, 9.17) is 0 Å². The Labute approximate surface area is 82.2 Å². The summed E-state index contributed by atoms with van der Waals surface area (Å²) in [6, 6.07) is 9.45. The van der Waals surface area contributed by atoms with Crippen molar-refractivity contribution in [2.24, 2.45) is 0 Å². The molecule has 0 bridgehead atoms. The molecule has 0 spiro atoms. The van der Waals surface area contributed by atoms with Crippen LogP contribution in [0.4, 0.5) is 4.39 Å². The predicted octanol–water partition coefficient (Wildman–Crippen LogP) is 3.20. The molecule has 0 N–H and O–H groups in total. The highest BCUT2D eigenvalue weighted by Gasteiger charge is 2.03. The third kappa shape index (κ3) is 1.64. The third-order valence-electron chi connectivity index (χ3n) is 2.10. The third-order valence-corrected chi connectivity index (χ3v) is 2.10. The van der Waals surface area contributed by atoms with Gasteiger partial charge in [0.05, 0.1) is 6.20 Å². The van der Waals surface area contributed by atoms with Crippen LogP contribution in [0, 0.1) is 12.7 Å². The summed E-state index contributed by atoms with van der Waals surface area (Å²) in [5.41, 5.74) is 2.62. The summed E-state index contributed by atoms with van der Waals surface area (Å²) in [6.07, 6.45) is 2.83. The van der Waals surface area contributed by atoms with Gasteiger partial charge in [0.15, 0.2) is 0 Å². The fourth-order valence-electron chi connectivity index (χ4n) is 1.42. The number of nitrogens with zero attached hydrogens (tertiary/aromatic N) is 1. The van der Waals surface area contributed by atoms with E-state index in [0.29, 0.717) is 5.56 Å². The van der Waals surface area contributed by atoms with Crippen LogP contribution in [0.25, 0.3) is 11.1 Å². The van der Waals surface area contributed by atoms with Crippen LogP contribution in [0.15, 0.2) is 42.7 Å². The van der Waals surface area contributed by atoms with Crippen molar-refractivity contribution >= 4 is 0 Å². The van der Waals surface area contributed by atoms with Crippen LogP contribution in [0.3, 0.4) is 0 Å². The summed E-state index contributed by atoms with van der Waals surface area (Å²) >= 11 is 0. The summed E-state index contributed by atoms with van der Waals surface area (Å²) in [5, 5.41) is 0. The van der Waals surface area contributed by atoms with E-state index < -0.39 is 0 Å². The van der Waals surface area contributed by atoms with Gasteiger partial charge in [-0.25, -0.2) is 4.39 Å². The minimum absolute atomic E-state index is 0.280.